The molecule has 2 aliphatic rings. The van der Waals surface area contributed by atoms with E-state index in [0.29, 0.717) is 26.1 Å². The third-order valence-corrected chi connectivity index (χ3v) is 5.52. The maximum absolute atomic E-state index is 13.0. The summed E-state index contributed by atoms with van der Waals surface area (Å²) < 4.78 is 2.10. The number of carbonyl (C=O) groups excluding carboxylic acids is 2. The van der Waals surface area contributed by atoms with Crippen LogP contribution >= 0.6 is 0 Å². The fourth-order valence-electron chi connectivity index (χ4n) is 4.06. The van der Waals surface area contributed by atoms with Gasteiger partial charge in [0.1, 0.15) is 6.04 Å². The molecule has 0 bridgehead atoms. The van der Waals surface area contributed by atoms with Crippen LogP contribution in [0.1, 0.15) is 22.5 Å². The molecule has 28 heavy (non-hydrogen) atoms. The normalized spacial score (nSPS) is 18.4. The number of imidazole rings is 1. The Morgan fingerprint density at radius 3 is 2.21 bits per heavy atom. The molecule has 6 heteroatoms. The zero-order valence-electron chi connectivity index (χ0n) is 15.4. The predicted octanol–water partition coefficient (Wildman–Crippen LogP) is 2.82. The van der Waals surface area contributed by atoms with Crippen LogP contribution in [0.4, 0.5) is 4.79 Å². The average Bonchev–Trinajstić information content (AvgIpc) is 3.22. The van der Waals surface area contributed by atoms with Crippen LogP contribution in [0.15, 0.2) is 67.0 Å². The van der Waals surface area contributed by atoms with Crippen LogP contribution in [-0.2, 0) is 30.8 Å². The highest BCUT2D eigenvalue weighted by molar-refractivity contribution is 6.04. The zero-order valence-corrected chi connectivity index (χ0v) is 15.4. The van der Waals surface area contributed by atoms with E-state index in [1.165, 1.54) is 10.5 Å². The highest BCUT2D eigenvalue weighted by atomic mass is 16.2. The molecule has 0 spiro atoms. The summed E-state index contributed by atoms with van der Waals surface area (Å²) in [6, 6.07) is 19.1. The van der Waals surface area contributed by atoms with Crippen LogP contribution in [-0.4, -0.2) is 37.3 Å². The summed E-state index contributed by atoms with van der Waals surface area (Å²) in [6.45, 7) is 1.41. The third kappa shape index (κ3) is 2.78. The second kappa shape index (κ2) is 6.64. The van der Waals surface area contributed by atoms with E-state index >= 15 is 0 Å². The number of nitrogens with zero attached hydrogens (tertiary/aromatic N) is 4. The van der Waals surface area contributed by atoms with Crippen LogP contribution in [0.5, 0.6) is 0 Å². The number of carbonyl (C=O) groups is 2. The van der Waals surface area contributed by atoms with E-state index in [1.54, 1.807) is 4.90 Å². The number of hydrogen-bond donors (Lipinski definition) is 0. The molecule has 5 rings (SSSR count). The summed E-state index contributed by atoms with van der Waals surface area (Å²) in [6.07, 6.45) is 2.33. The second-order valence-corrected chi connectivity index (χ2v) is 7.29. The Labute approximate surface area is 163 Å². The summed E-state index contributed by atoms with van der Waals surface area (Å²) in [5.41, 5.74) is 4.07. The molecule has 0 unspecified atom stereocenters. The van der Waals surface area contributed by atoms with Crippen molar-refractivity contribution in [2.75, 3.05) is 0 Å². The lowest BCUT2D eigenvalue weighted by atomic mass is 10.0. The van der Waals surface area contributed by atoms with Gasteiger partial charge in [0.25, 0.3) is 5.91 Å². The highest BCUT2D eigenvalue weighted by Gasteiger charge is 2.48. The van der Waals surface area contributed by atoms with Crippen molar-refractivity contribution in [1.29, 1.82) is 0 Å². The zero-order chi connectivity index (χ0) is 19.1. The fraction of sp³-hybridized carbons (Fsp3) is 0.227. The molecule has 2 aliphatic heterocycles. The van der Waals surface area contributed by atoms with Gasteiger partial charge >= 0.3 is 6.03 Å². The smallest absolute Gasteiger partial charge is 0.328 e. The van der Waals surface area contributed by atoms with E-state index in [-0.39, 0.29) is 11.9 Å². The lowest BCUT2D eigenvalue weighted by Gasteiger charge is -2.27. The van der Waals surface area contributed by atoms with Crippen LogP contribution < -0.4 is 0 Å². The van der Waals surface area contributed by atoms with Crippen molar-refractivity contribution in [2.24, 2.45) is 0 Å². The van der Waals surface area contributed by atoms with Crippen molar-refractivity contribution in [3.63, 3.8) is 0 Å². The van der Waals surface area contributed by atoms with Gasteiger partial charge in [-0.25, -0.2) is 9.78 Å². The average molecular weight is 372 g/mol. The van der Waals surface area contributed by atoms with Crippen LogP contribution in [0.3, 0.4) is 0 Å². The van der Waals surface area contributed by atoms with Gasteiger partial charge in [-0.15, -0.1) is 0 Å². The summed E-state index contributed by atoms with van der Waals surface area (Å²) >= 11 is 0. The number of rotatable bonds is 4. The van der Waals surface area contributed by atoms with Gasteiger partial charge in [0.15, 0.2) is 0 Å². The number of aromatic nitrogens is 2. The van der Waals surface area contributed by atoms with Crippen molar-refractivity contribution in [2.45, 2.75) is 32.1 Å². The van der Waals surface area contributed by atoms with Crippen LogP contribution in [0.2, 0.25) is 0 Å². The Morgan fingerprint density at radius 1 is 0.893 bits per heavy atom. The van der Waals surface area contributed by atoms with Gasteiger partial charge in [0.05, 0.1) is 25.1 Å². The molecule has 3 aromatic rings. The minimum Gasteiger partial charge on any atom is -0.330 e. The second-order valence-electron chi connectivity index (χ2n) is 7.29. The molecule has 3 amide bonds. The third-order valence-electron chi connectivity index (χ3n) is 5.52. The summed E-state index contributed by atoms with van der Waals surface area (Å²) in [5.74, 6) is -0.119. The number of amides is 3. The topological polar surface area (TPSA) is 58.4 Å². The minimum atomic E-state index is -0.435. The van der Waals surface area contributed by atoms with E-state index in [1.807, 2.05) is 54.9 Å². The molecule has 1 fully saturated rings. The first-order valence-corrected chi connectivity index (χ1v) is 9.43. The van der Waals surface area contributed by atoms with Crippen molar-refractivity contribution in [1.82, 2.24) is 19.4 Å². The van der Waals surface area contributed by atoms with E-state index in [4.69, 9.17) is 0 Å². The van der Waals surface area contributed by atoms with Crippen molar-refractivity contribution < 1.29 is 9.59 Å². The van der Waals surface area contributed by atoms with Crippen LogP contribution in [0.25, 0.3) is 0 Å². The lowest BCUT2D eigenvalue weighted by Crippen LogP contribution is -2.40. The number of benzene rings is 2. The Morgan fingerprint density at radius 2 is 1.54 bits per heavy atom. The van der Waals surface area contributed by atoms with Gasteiger partial charge in [0, 0.05) is 18.7 Å². The van der Waals surface area contributed by atoms with Gasteiger partial charge in [-0.2, -0.15) is 0 Å². The molecule has 140 valence electrons. The molecule has 2 aromatic carbocycles. The molecule has 3 heterocycles. The highest BCUT2D eigenvalue weighted by Crippen LogP contribution is 2.30. The molecule has 6 nitrogen and oxygen atoms in total. The monoisotopic (exact) mass is 372 g/mol. The number of hydrogen-bond acceptors (Lipinski definition) is 3. The predicted molar refractivity (Wildman–Crippen MR) is 103 cm³/mol. The Hall–Kier alpha value is -3.41. The Balaban J connectivity index is 1.39. The number of imide groups is 1. The molecular weight excluding hydrogens is 352 g/mol. The van der Waals surface area contributed by atoms with Crippen molar-refractivity contribution >= 4 is 11.9 Å². The van der Waals surface area contributed by atoms with Gasteiger partial charge < -0.3 is 9.47 Å². The number of urea groups is 1. The molecule has 1 atom stereocenters. The van der Waals surface area contributed by atoms with E-state index in [2.05, 4.69) is 21.7 Å². The Bertz CT molecular complexity index is 1030. The standard InChI is InChI=1S/C22H20N4O2/c27-21-20-11-19-18(23-15-24(19)12-16-7-3-1-4-8-16)14-25(20)22(28)26(21)13-17-9-5-2-6-10-17/h1-10,15,20H,11-14H2/t20-/m0/s1. The quantitative estimate of drug-likeness (QED) is 0.662. The van der Waals surface area contributed by atoms with Gasteiger partial charge in [-0.05, 0) is 11.1 Å². The number of fused-ring (bicyclic) bond motifs is 2. The SMILES string of the molecule is O=C1[C@@H]2Cc3c(ncn3Cc3ccccc3)CN2C(=O)N1Cc1ccccc1. The first-order chi connectivity index (χ1) is 13.7. The summed E-state index contributed by atoms with van der Waals surface area (Å²) in [5, 5.41) is 0. The lowest BCUT2D eigenvalue weighted by molar-refractivity contribution is -0.128. The van der Waals surface area contributed by atoms with Gasteiger partial charge in [-0.1, -0.05) is 60.7 Å². The van der Waals surface area contributed by atoms with E-state index in [0.717, 1.165) is 17.0 Å². The van der Waals surface area contributed by atoms with Gasteiger partial charge in [0.2, 0.25) is 0 Å². The van der Waals surface area contributed by atoms with Crippen molar-refractivity contribution in [3.05, 3.63) is 89.5 Å². The van der Waals surface area contributed by atoms with Gasteiger partial charge in [-0.3, -0.25) is 9.69 Å². The minimum absolute atomic E-state index is 0.119. The van der Waals surface area contributed by atoms with Crippen molar-refractivity contribution in [3.8, 4) is 0 Å². The molecular formula is C22H20N4O2. The summed E-state index contributed by atoms with van der Waals surface area (Å²) in [4.78, 5) is 33.4. The molecule has 0 N–H and O–H groups in total. The van der Waals surface area contributed by atoms with E-state index in [9.17, 15) is 9.59 Å². The molecule has 1 saturated heterocycles. The molecule has 0 aliphatic carbocycles. The summed E-state index contributed by atoms with van der Waals surface area (Å²) in [7, 11) is 0. The van der Waals surface area contributed by atoms with E-state index < -0.39 is 6.04 Å². The maximum atomic E-state index is 13.0. The first-order valence-electron chi connectivity index (χ1n) is 9.43. The Kier molecular flexibility index (Phi) is 3.97. The van der Waals surface area contributed by atoms with Crippen LogP contribution in [0, 0.1) is 0 Å². The first kappa shape index (κ1) is 16.7. The molecule has 0 radical (unpaired) electrons. The fourth-order valence-corrected chi connectivity index (χ4v) is 4.06. The maximum Gasteiger partial charge on any atom is 0.328 e. The largest absolute Gasteiger partial charge is 0.330 e. The molecule has 1 aromatic heterocycles. The molecule has 0 saturated carbocycles.